The number of carbonyl (C=O) groups is 1. The Bertz CT molecular complexity index is 1250. The summed E-state index contributed by atoms with van der Waals surface area (Å²) >= 11 is 0. The maximum absolute atomic E-state index is 13.3. The monoisotopic (exact) mass is 418 g/mol. The van der Waals surface area contributed by atoms with Crippen LogP contribution in [0.1, 0.15) is 23.7 Å². The number of nitrogens with one attached hydrogen (secondary N) is 1. The van der Waals surface area contributed by atoms with Gasteiger partial charge in [-0.3, -0.25) is 4.79 Å². The molecule has 4 aromatic rings. The van der Waals surface area contributed by atoms with Crippen LogP contribution in [-0.2, 0) is 11.2 Å². The molecule has 0 saturated carbocycles. The second-order valence-electron chi connectivity index (χ2n) is 7.34. The number of fused-ring (bicyclic) bond motifs is 1. The number of pyridine rings is 1. The lowest BCUT2D eigenvalue weighted by atomic mass is 10.1. The van der Waals surface area contributed by atoms with Crippen LogP contribution in [0.2, 0.25) is 0 Å². The molecule has 0 radical (unpaired) electrons. The van der Waals surface area contributed by atoms with Gasteiger partial charge < -0.3 is 10.1 Å². The molecule has 0 unspecified atom stereocenters. The number of anilines is 1. The molecule has 1 N–H and O–H groups in total. The maximum Gasteiger partial charge on any atom is 0.262 e. The summed E-state index contributed by atoms with van der Waals surface area (Å²) < 4.78 is 20.7. The Hall–Kier alpha value is -3.74. The van der Waals surface area contributed by atoms with Gasteiger partial charge in [0.15, 0.2) is 12.3 Å². The molecule has 2 aromatic heterocycles. The van der Waals surface area contributed by atoms with Crippen LogP contribution in [-0.4, -0.2) is 27.3 Å². The first-order chi connectivity index (χ1) is 14.9. The molecule has 1 amide bonds. The van der Waals surface area contributed by atoms with E-state index in [4.69, 9.17) is 4.74 Å². The molecule has 2 aromatic carbocycles. The van der Waals surface area contributed by atoms with Crippen molar-refractivity contribution in [1.29, 1.82) is 0 Å². The van der Waals surface area contributed by atoms with E-state index in [0.717, 1.165) is 28.8 Å². The average Bonchev–Trinajstić information content (AvgIpc) is 3.09. The first-order valence-corrected chi connectivity index (χ1v) is 10.1. The first kappa shape index (κ1) is 20.5. The van der Waals surface area contributed by atoms with Crippen LogP contribution in [0, 0.1) is 19.7 Å². The highest BCUT2D eigenvalue weighted by atomic mass is 19.1. The predicted octanol–water partition coefficient (Wildman–Crippen LogP) is 4.76. The van der Waals surface area contributed by atoms with Gasteiger partial charge in [-0.15, -0.1) is 0 Å². The summed E-state index contributed by atoms with van der Waals surface area (Å²) in [6.07, 6.45) is 0.964. The molecule has 0 saturated heterocycles. The van der Waals surface area contributed by atoms with Gasteiger partial charge in [-0.1, -0.05) is 25.1 Å². The summed E-state index contributed by atoms with van der Waals surface area (Å²) in [6, 6.07) is 15.7. The topological polar surface area (TPSA) is 69.0 Å². The fourth-order valence-electron chi connectivity index (χ4n) is 3.50. The number of benzene rings is 2. The van der Waals surface area contributed by atoms with E-state index in [2.05, 4.69) is 34.5 Å². The van der Waals surface area contributed by atoms with E-state index < -0.39 is 11.7 Å². The summed E-state index contributed by atoms with van der Waals surface area (Å²) in [7, 11) is 0. The summed E-state index contributed by atoms with van der Waals surface area (Å²) in [5.41, 5.74) is 5.02. The Balaban J connectivity index is 1.58. The van der Waals surface area contributed by atoms with Crippen molar-refractivity contribution < 1.29 is 13.9 Å². The molecule has 2 heterocycles. The van der Waals surface area contributed by atoms with Crippen molar-refractivity contribution in [1.82, 2.24) is 14.8 Å². The molecule has 0 bridgehead atoms. The van der Waals surface area contributed by atoms with Crippen LogP contribution >= 0.6 is 0 Å². The molecule has 0 atom stereocenters. The Morgan fingerprint density at radius 3 is 2.61 bits per heavy atom. The minimum absolute atomic E-state index is 0.243. The molecule has 0 aliphatic heterocycles. The molecule has 31 heavy (non-hydrogen) atoms. The van der Waals surface area contributed by atoms with Crippen molar-refractivity contribution >= 4 is 22.6 Å². The van der Waals surface area contributed by atoms with E-state index in [1.54, 1.807) is 16.8 Å². The number of hydrogen-bond acceptors (Lipinski definition) is 4. The molecule has 158 valence electrons. The number of amides is 1. The number of ether oxygens (including phenoxy) is 1. The van der Waals surface area contributed by atoms with Crippen molar-refractivity contribution in [2.75, 3.05) is 11.9 Å². The third-order valence-corrected chi connectivity index (χ3v) is 5.04. The molecule has 4 rings (SSSR count). The predicted molar refractivity (Wildman–Crippen MR) is 118 cm³/mol. The Morgan fingerprint density at radius 2 is 1.90 bits per heavy atom. The molecule has 0 aliphatic rings. The smallest absolute Gasteiger partial charge is 0.262 e. The number of hydrogen-bond donors (Lipinski definition) is 1. The van der Waals surface area contributed by atoms with E-state index in [0.29, 0.717) is 17.2 Å². The lowest BCUT2D eigenvalue weighted by Gasteiger charge is -2.09. The van der Waals surface area contributed by atoms with E-state index >= 15 is 0 Å². The van der Waals surface area contributed by atoms with Crippen LogP contribution in [0.5, 0.6) is 5.88 Å². The van der Waals surface area contributed by atoms with Gasteiger partial charge in [-0.05, 0) is 61.7 Å². The highest BCUT2D eigenvalue weighted by Crippen LogP contribution is 2.27. The van der Waals surface area contributed by atoms with Gasteiger partial charge in [-0.2, -0.15) is 10.1 Å². The van der Waals surface area contributed by atoms with Crippen molar-refractivity contribution in [3.05, 3.63) is 77.2 Å². The lowest BCUT2D eigenvalue weighted by Crippen LogP contribution is -2.20. The fourth-order valence-corrected chi connectivity index (χ4v) is 3.50. The molecular weight excluding hydrogens is 395 g/mol. The van der Waals surface area contributed by atoms with Gasteiger partial charge in [0.05, 0.1) is 11.4 Å². The Labute approximate surface area is 179 Å². The van der Waals surface area contributed by atoms with Gasteiger partial charge in [0.2, 0.25) is 5.88 Å². The van der Waals surface area contributed by atoms with E-state index in [9.17, 15) is 9.18 Å². The van der Waals surface area contributed by atoms with Crippen molar-refractivity contribution in [2.45, 2.75) is 27.2 Å². The lowest BCUT2D eigenvalue weighted by molar-refractivity contribution is -0.118. The highest BCUT2D eigenvalue weighted by Gasteiger charge is 2.15. The number of aryl methyl sites for hydroxylation is 3. The number of rotatable bonds is 6. The summed E-state index contributed by atoms with van der Waals surface area (Å²) in [6.45, 7) is 5.78. The zero-order chi connectivity index (χ0) is 22.0. The van der Waals surface area contributed by atoms with Crippen molar-refractivity contribution in [2.24, 2.45) is 0 Å². The molecule has 6 nitrogen and oxygen atoms in total. The quantitative estimate of drug-likeness (QED) is 0.490. The Morgan fingerprint density at radius 1 is 1.13 bits per heavy atom. The normalized spacial score (nSPS) is 11.0. The zero-order valence-electron chi connectivity index (χ0n) is 17.6. The summed E-state index contributed by atoms with van der Waals surface area (Å²) in [5.74, 6) is -0.493. The third-order valence-electron chi connectivity index (χ3n) is 5.04. The summed E-state index contributed by atoms with van der Waals surface area (Å²) in [5, 5.41) is 8.22. The summed E-state index contributed by atoms with van der Waals surface area (Å²) in [4.78, 5) is 16.8. The molecular formula is C24H23FN4O2. The number of nitrogens with zero attached hydrogens (tertiary/aromatic N) is 3. The van der Waals surface area contributed by atoms with E-state index in [1.807, 2.05) is 26.0 Å². The Kier molecular flexibility index (Phi) is 5.66. The largest absolute Gasteiger partial charge is 0.467 e. The molecule has 0 spiro atoms. The second-order valence-corrected chi connectivity index (χ2v) is 7.34. The van der Waals surface area contributed by atoms with Gasteiger partial charge in [0.25, 0.3) is 5.91 Å². The second kappa shape index (κ2) is 8.55. The molecule has 0 fully saturated rings. The number of aromatic nitrogens is 3. The standard InChI is InChI=1S/C24H23FN4O2/c1-4-17-8-10-20(11-9-17)29-24-23(16(3)28-29)15(2)12-22(27-24)31-14-21(30)26-19-7-5-6-18(25)13-19/h5-13H,4,14H2,1-3H3,(H,26,30). The van der Waals surface area contributed by atoms with Crippen LogP contribution in [0.15, 0.2) is 54.6 Å². The number of halogens is 1. The van der Waals surface area contributed by atoms with E-state index in [-0.39, 0.29) is 6.61 Å². The highest BCUT2D eigenvalue weighted by molar-refractivity contribution is 5.92. The molecule has 0 aliphatic carbocycles. The average molecular weight is 418 g/mol. The van der Waals surface area contributed by atoms with Crippen LogP contribution in [0.25, 0.3) is 16.7 Å². The maximum atomic E-state index is 13.3. The first-order valence-electron chi connectivity index (χ1n) is 10.1. The van der Waals surface area contributed by atoms with E-state index in [1.165, 1.54) is 23.8 Å². The van der Waals surface area contributed by atoms with Gasteiger partial charge in [-0.25, -0.2) is 9.07 Å². The van der Waals surface area contributed by atoms with Gasteiger partial charge in [0.1, 0.15) is 5.82 Å². The minimum atomic E-state index is -0.419. The zero-order valence-corrected chi connectivity index (χ0v) is 17.6. The third kappa shape index (κ3) is 4.40. The fraction of sp³-hybridized carbons (Fsp3) is 0.208. The van der Waals surface area contributed by atoms with Crippen LogP contribution in [0.3, 0.4) is 0 Å². The minimum Gasteiger partial charge on any atom is -0.467 e. The van der Waals surface area contributed by atoms with Gasteiger partial charge in [0, 0.05) is 17.1 Å². The van der Waals surface area contributed by atoms with Crippen molar-refractivity contribution in [3.8, 4) is 11.6 Å². The van der Waals surface area contributed by atoms with Gasteiger partial charge >= 0.3 is 0 Å². The van der Waals surface area contributed by atoms with Crippen LogP contribution in [0.4, 0.5) is 10.1 Å². The SMILES string of the molecule is CCc1ccc(-n2nc(C)c3c(C)cc(OCC(=O)Nc4cccc(F)c4)nc32)cc1. The van der Waals surface area contributed by atoms with Crippen LogP contribution < -0.4 is 10.1 Å². The van der Waals surface area contributed by atoms with Crippen molar-refractivity contribution in [3.63, 3.8) is 0 Å². The molecule has 7 heteroatoms. The number of carbonyl (C=O) groups excluding carboxylic acids is 1.